The average molecular weight is 430 g/mol. The molecule has 0 bridgehead atoms. The molecule has 1 saturated carbocycles. The number of aryl methyl sites for hydroxylation is 2. The molecule has 1 fully saturated rings. The number of carbonyl (C=O) groups excluding carboxylic acids is 2. The van der Waals surface area contributed by atoms with Gasteiger partial charge in [0.1, 0.15) is 5.82 Å². The molecule has 1 aliphatic rings. The Kier molecular flexibility index (Phi) is 7.82. The number of halogens is 1. The van der Waals surface area contributed by atoms with E-state index in [1.807, 2.05) is 20.9 Å². The number of rotatable bonds is 8. The van der Waals surface area contributed by atoms with Crippen LogP contribution in [0.1, 0.15) is 61.0 Å². The molecule has 1 aromatic heterocycles. The number of benzene rings is 1. The van der Waals surface area contributed by atoms with Gasteiger partial charge in [-0.2, -0.15) is 5.10 Å². The van der Waals surface area contributed by atoms with Crippen molar-refractivity contribution in [1.29, 1.82) is 0 Å². The molecule has 0 aliphatic heterocycles. The molecule has 31 heavy (non-hydrogen) atoms. The summed E-state index contributed by atoms with van der Waals surface area (Å²) in [6, 6.07) is 6.33. The van der Waals surface area contributed by atoms with E-state index < -0.39 is 0 Å². The molecule has 0 spiro atoms. The molecule has 0 N–H and O–H groups in total. The van der Waals surface area contributed by atoms with E-state index in [9.17, 15) is 14.0 Å². The molecule has 3 rings (SSSR count). The van der Waals surface area contributed by atoms with Crippen molar-refractivity contribution in [3.8, 4) is 0 Å². The van der Waals surface area contributed by atoms with Crippen LogP contribution in [0.25, 0.3) is 0 Å². The minimum absolute atomic E-state index is 0.130. The second-order valence-electron chi connectivity index (χ2n) is 8.37. The van der Waals surface area contributed by atoms with E-state index in [4.69, 9.17) is 4.74 Å². The molecule has 2 aromatic rings. The molecule has 168 valence electrons. The zero-order valence-corrected chi connectivity index (χ0v) is 18.7. The van der Waals surface area contributed by atoms with Gasteiger partial charge in [0.25, 0.3) is 5.91 Å². The maximum atomic E-state index is 13.3. The molecule has 0 atom stereocenters. The Bertz CT molecular complexity index is 902. The van der Waals surface area contributed by atoms with Crippen LogP contribution in [0.5, 0.6) is 0 Å². The van der Waals surface area contributed by atoms with E-state index >= 15 is 0 Å². The van der Waals surface area contributed by atoms with Crippen LogP contribution in [-0.2, 0) is 34.3 Å². The van der Waals surface area contributed by atoms with Crippen molar-refractivity contribution in [2.75, 3.05) is 6.61 Å². The number of hydrogen-bond donors (Lipinski definition) is 0. The molecule has 1 aromatic carbocycles. The third-order valence-electron chi connectivity index (χ3n) is 6.20. The number of aromatic nitrogens is 2. The predicted molar refractivity (Wildman–Crippen MR) is 116 cm³/mol. The highest BCUT2D eigenvalue weighted by molar-refractivity contribution is 5.81. The standard InChI is InChI=1S/C24H32FN3O3/c1-17-22(18(2)27(3)26-17)13-14-24(30)31-16-23(29)28(21-7-5-4-6-8-21)15-19-9-11-20(25)12-10-19/h9-12,21H,4-8,13-16H2,1-3H3. The van der Waals surface area contributed by atoms with Crippen LogP contribution in [0.15, 0.2) is 24.3 Å². The summed E-state index contributed by atoms with van der Waals surface area (Å²) in [5.74, 6) is -0.882. The van der Waals surface area contributed by atoms with Crippen molar-refractivity contribution in [2.45, 2.75) is 71.4 Å². The SMILES string of the molecule is Cc1nn(C)c(C)c1CCC(=O)OCC(=O)N(Cc1ccc(F)cc1)C1CCCCC1. The van der Waals surface area contributed by atoms with Gasteiger partial charge in [-0.1, -0.05) is 31.4 Å². The maximum absolute atomic E-state index is 13.3. The van der Waals surface area contributed by atoms with Gasteiger partial charge in [0.05, 0.1) is 5.69 Å². The highest BCUT2D eigenvalue weighted by Gasteiger charge is 2.26. The van der Waals surface area contributed by atoms with Gasteiger partial charge in [0.15, 0.2) is 6.61 Å². The second-order valence-corrected chi connectivity index (χ2v) is 8.37. The Morgan fingerprint density at radius 2 is 1.84 bits per heavy atom. The summed E-state index contributed by atoms with van der Waals surface area (Å²) in [7, 11) is 1.88. The molecule has 0 unspecified atom stereocenters. The summed E-state index contributed by atoms with van der Waals surface area (Å²) in [5.41, 5.74) is 3.86. The van der Waals surface area contributed by atoms with E-state index in [0.717, 1.165) is 48.2 Å². The summed E-state index contributed by atoms with van der Waals surface area (Å²) in [4.78, 5) is 27.0. The van der Waals surface area contributed by atoms with Crippen LogP contribution in [0.2, 0.25) is 0 Å². The van der Waals surface area contributed by atoms with Gasteiger partial charge >= 0.3 is 5.97 Å². The topological polar surface area (TPSA) is 64.4 Å². The van der Waals surface area contributed by atoms with Crippen molar-refractivity contribution in [3.05, 3.63) is 52.6 Å². The third kappa shape index (κ3) is 6.15. The number of esters is 1. The largest absolute Gasteiger partial charge is 0.456 e. The third-order valence-corrected chi connectivity index (χ3v) is 6.20. The molecule has 7 heteroatoms. The minimum atomic E-state index is -0.388. The summed E-state index contributed by atoms with van der Waals surface area (Å²) >= 11 is 0. The lowest BCUT2D eigenvalue weighted by Gasteiger charge is -2.34. The van der Waals surface area contributed by atoms with Gasteiger partial charge in [0.2, 0.25) is 0 Å². The number of carbonyl (C=O) groups is 2. The van der Waals surface area contributed by atoms with Crippen molar-refractivity contribution < 1.29 is 18.7 Å². The number of ether oxygens (including phenoxy) is 1. The zero-order valence-electron chi connectivity index (χ0n) is 18.7. The van der Waals surface area contributed by atoms with Crippen LogP contribution in [0, 0.1) is 19.7 Å². The van der Waals surface area contributed by atoms with Gasteiger partial charge in [0, 0.05) is 31.7 Å². The summed E-state index contributed by atoms with van der Waals surface area (Å²) in [6.45, 7) is 4.04. The summed E-state index contributed by atoms with van der Waals surface area (Å²) in [5, 5.41) is 4.36. The lowest BCUT2D eigenvalue weighted by atomic mass is 9.93. The molecular formula is C24H32FN3O3. The van der Waals surface area contributed by atoms with Crippen molar-refractivity contribution in [1.82, 2.24) is 14.7 Å². The number of hydrogen-bond acceptors (Lipinski definition) is 4. The Morgan fingerprint density at radius 3 is 2.45 bits per heavy atom. The average Bonchev–Trinajstić information content (AvgIpc) is 3.01. The van der Waals surface area contributed by atoms with E-state index in [-0.39, 0.29) is 36.8 Å². The smallest absolute Gasteiger partial charge is 0.306 e. The van der Waals surface area contributed by atoms with Crippen LogP contribution in [0.3, 0.4) is 0 Å². The normalized spacial score (nSPS) is 14.5. The molecule has 6 nitrogen and oxygen atoms in total. The molecule has 1 aliphatic carbocycles. The molecule has 0 saturated heterocycles. The quantitative estimate of drug-likeness (QED) is 0.595. The van der Waals surface area contributed by atoms with Gasteiger partial charge < -0.3 is 9.64 Å². The first-order chi connectivity index (χ1) is 14.8. The first kappa shape index (κ1) is 23.0. The van der Waals surface area contributed by atoms with E-state index in [1.54, 1.807) is 21.7 Å². The van der Waals surface area contributed by atoms with Crippen molar-refractivity contribution >= 4 is 11.9 Å². The Balaban J connectivity index is 1.57. The van der Waals surface area contributed by atoms with E-state index in [0.29, 0.717) is 13.0 Å². The van der Waals surface area contributed by atoms with E-state index in [2.05, 4.69) is 5.10 Å². The fourth-order valence-corrected chi connectivity index (χ4v) is 4.30. The Labute approximate surface area is 183 Å². The predicted octanol–water partition coefficient (Wildman–Crippen LogP) is 4.01. The molecule has 1 heterocycles. The zero-order chi connectivity index (χ0) is 22.4. The highest BCUT2D eigenvalue weighted by atomic mass is 19.1. The van der Waals surface area contributed by atoms with Crippen LogP contribution in [-0.4, -0.2) is 39.2 Å². The van der Waals surface area contributed by atoms with Crippen molar-refractivity contribution in [2.24, 2.45) is 7.05 Å². The Morgan fingerprint density at radius 1 is 1.16 bits per heavy atom. The maximum Gasteiger partial charge on any atom is 0.306 e. The van der Waals surface area contributed by atoms with E-state index in [1.165, 1.54) is 18.6 Å². The highest BCUT2D eigenvalue weighted by Crippen LogP contribution is 2.24. The first-order valence-electron chi connectivity index (χ1n) is 11.0. The minimum Gasteiger partial charge on any atom is -0.456 e. The van der Waals surface area contributed by atoms with Gasteiger partial charge in [-0.05, 0) is 56.4 Å². The molecular weight excluding hydrogens is 397 g/mol. The second kappa shape index (κ2) is 10.6. The van der Waals surface area contributed by atoms with Gasteiger partial charge in [-0.15, -0.1) is 0 Å². The van der Waals surface area contributed by atoms with Gasteiger partial charge in [-0.25, -0.2) is 4.39 Å². The summed E-state index contributed by atoms with van der Waals surface area (Å²) < 4.78 is 20.4. The van der Waals surface area contributed by atoms with Gasteiger partial charge in [-0.3, -0.25) is 14.3 Å². The van der Waals surface area contributed by atoms with Crippen LogP contribution < -0.4 is 0 Å². The monoisotopic (exact) mass is 429 g/mol. The fraction of sp³-hybridized carbons (Fsp3) is 0.542. The summed E-state index contributed by atoms with van der Waals surface area (Å²) in [6.07, 6.45) is 5.99. The lowest BCUT2D eigenvalue weighted by molar-refractivity contribution is -0.153. The fourth-order valence-electron chi connectivity index (χ4n) is 4.30. The molecule has 0 radical (unpaired) electrons. The first-order valence-corrected chi connectivity index (χ1v) is 11.0. The number of nitrogens with zero attached hydrogens (tertiary/aromatic N) is 3. The lowest BCUT2D eigenvalue weighted by Crippen LogP contribution is -2.43. The molecule has 1 amide bonds. The van der Waals surface area contributed by atoms with Crippen molar-refractivity contribution in [3.63, 3.8) is 0 Å². The van der Waals surface area contributed by atoms with Crippen LogP contribution >= 0.6 is 0 Å². The number of amides is 1. The van der Waals surface area contributed by atoms with Crippen LogP contribution in [0.4, 0.5) is 4.39 Å². The Hall–Kier alpha value is -2.70.